The molecule has 0 aromatic carbocycles. The molecule has 2 nitrogen and oxygen atoms in total. The summed E-state index contributed by atoms with van der Waals surface area (Å²) < 4.78 is 0. The predicted molar refractivity (Wildman–Crippen MR) is 46.0 cm³/mol. The van der Waals surface area contributed by atoms with Gasteiger partial charge in [0, 0.05) is 0 Å². The Labute approximate surface area is 64.4 Å². The Hall–Kier alpha value is -0.0800. The van der Waals surface area contributed by atoms with Crippen molar-refractivity contribution in [2.75, 3.05) is 13.6 Å². The molecule has 0 aliphatic rings. The molecule has 1 atom stereocenters. The van der Waals surface area contributed by atoms with E-state index in [9.17, 15) is 0 Å². The quantitative estimate of drug-likeness (QED) is 0.566. The molecule has 0 saturated heterocycles. The molecule has 0 aromatic heterocycles. The van der Waals surface area contributed by atoms with Crippen molar-refractivity contribution in [3.8, 4) is 0 Å². The largest absolute Gasteiger partial charge is 0.305 e. The van der Waals surface area contributed by atoms with Crippen LogP contribution in [0.25, 0.3) is 0 Å². The van der Waals surface area contributed by atoms with Gasteiger partial charge in [-0.15, -0.1) is 0 Å². The Morgan fingerprint density at radius 3 is 2.20 bits per heavy atom. The van der Waals surface area contributed by atoms with Gasteiger partial charge in [-0.05, 0) is 25.9 Å². The zero-order chi connectivity index (χ0) is 7.98. The summed E-state index contributed by atoms with van der Waals surface area (Å²) in [6.07, 6.45) is 1.67. The van der Waals surface area contributed by atoms with Crippen molar-refractivity contribution in [3.05, 3.63) is 0 Å². The second kappa shape index (κ2) is 5.69. The molecule has 0 fully saturated rings. The van der Waals surface area contributed by atoms with Gasteiger partial charge < -0.3 is 10.6 Å². The first kappa shape index (κ1) is 9.92. The maximum atomic E-state index is 3.41. The third-order valence-corrected chi connectivity index (χ3v) is 1.59. The first-order chi connectivity index (χ1) is 4.72. The highest BCUT2D eigenvalue weighted by atomic mass is 15.1. The van der Waals surface area contributed by atoms with E-state index in [2.05, 4.69) is 31.4 Å². The van der Waals surface area contributed by atoms with Crippen LogP contribution in [0.3, 0.4) is 0 Å². The van der Waals surface area contributed by atoms with Crippen LogP contribution in [0.2, 0.25) is 0 Å². The van der Waals surface area contributed by atoms with Crippen LogP contribution in [-0.2, 0) is 0 Å². The summed E-state index contributed by atoms with van der Waals surface area (Å²) in [5.74, 6) is 0.663. The molecule has 2 heteroatoms. The van der Waals surface area contributed by atoms with Gasteiger partial charge in [-0.3, -0.25) is 0 Å². The van der Waals surface area contributed by atoms with Gasteiger partial charge in [0.25, 0.3) is 0 Å². The summed E-state index contributed by atoms with van der Waals surface area (Å²) in [6.45, 7) is 7.71. The van der Waals surface area contributed by atoms with Crippen LogP contribution < -0.4 is 10.6 Å². The molecule has 0 rings (SSSR count). The number of hydrogen-bond donors (Lipinski definition) is 2. The highest BCUT2D eigenvalue weighted by Crippen LogP contribution is 1.96. The molecule has 0 amide bonds. The molecular weight excluding hydrogens is 124 g/mol. The minimum absolute atomic E-state index is 0.472. The van der Waals surface area contributed by atoms with Gasteiger partial charge in [0.05, 0.1) is 6.17 Å². The van der Waals surface area contributed by atoms with E-state index in [1.54, 1.807) is 0 Å². The second-order valence-electron chi connectivity index (χ2n) is 2.96. The highest BCUT2D eigenvalue weighted by molar-refractivity contribution is 4.64. The monoisotopic (exact) mass is 144 g/mol. The lowest BCUT2D eigenvalue weighted by Crippen LogP contribution is -2.44. The second-order valence-corrected chi connectivity index (χ2v) is 2.96. The highest BCUT2D eigenvalue weighted by Gasteiger charge is 2.07. The van der Waals surface area contributed by atoms with Crippen LogP contribution in [0.4, 0.5) is 0 Å². The maximum Gasteiger partial charge on any atom is 0.0592 e. The normalized spacial score (nSPS) is 14.1. The fourth-order valence-electron chi connectivity index (χ4n) is 0.971. The van der Waals surface area contributed by atoms with Gasteiger partial charge in [-0.2, -0.15) is 0 Å². The summed E-state index contributed by atoms with van der Waals surface area (Å²) in [7, 11) is 1.99. The minimum atomic E-state index is 0.472. The fraction of sp³-hybridized carbons (Fsp3) is 1.00. The molecule has 2 N–H and O–H groups in total. The van der Waals surface area contributed by atoms with Crippen LogP contribution in [0.15, 0.2) is 0 Å². The van der Waals surface area contributed by atoms with Crippen molar-refractivity contribution >= 4 is 0 Å². The third-order valence-electron chi connectivity index (χ3n) is 1.59. The molecule has 0 aliphatic carbocycles. The van der Waals surface area contributed by atoms with E-state index < -0.39 is 0 Å². The summed E-state index contributed by atoms with van der Waals surface area (Å²) in [4.78, 5) is 0. The van der Waals surface area contributed by atoms with Crippen molar-refractivity contribution in [1.82, 2.24) is 10.6 Å². The molecule has 62 valence electrons. The molecule has 0 radical (unpaired) electrons. The zero-order valence-corrected chi connectivity index (χ0v) is 7.57. The van der Waals surface area contributed by atoms with E-state index in [0.29, 0.717) is 12.1 Å². The van der Waals surface area contributed by atoms with Gasteiger partial charge >= 0.3 is 0 Å². The van der Waals surface area contributed by atoms with Gasteiger partial charge in [0.15, 0.2) is 0 Å². The van der Waals surface area contributed by atoms with E-state index in [1.807, 2.05) is 7.05 Å². The Morgan fingerprint density at radius 1 is 1.30 bits per heavy atom. The molecule has 0 aliphatic heterocycles. The molecule has 0 spiro atoms. The minimum Gasteiger partial charge on any atom is -0.305 e. The lowest BCUT2D eigenvalue weighted by atomic mass is 10.1. The van der Waals surface area contributed by atoms with E-state index in [0.717, 1.165) is 6.54 Å². The number of rotatable bonds is 5. The molecular formula is C8H20N2. The van der Waals surface area contributed by atoms with Gasteiger partial charge in [-0.1, -0.05) is 20.8 Å². The molecule has 0 saturated carbocycles. The van der Waals surface area contributed by atoms with Gasteiger partial charge in [0.1, 0.15) is 0 Å². The number of hydrogen-bond acceptors (Lipinski definition) is 2. The Bertz CT molecular complexity index is 71.7. The van der Waals surface area contributed by atoms with Crippen LogP contribution in [0.5, 0.6) is 0 Å². The average molecular weight is 144 g/mol. The van der Waals surface area contributed by atoms with Crippen LogP contribution >= 0.6 is 0 Å². The third kappa shape index (κ3) is 3.85. The molecule has 10 heavy (non-hydrogen) atoms. The lowest BCUT2D eigenvalue weighted by Gasteiger charge is -2.21. The molecule has 1 unspecified atom stereocenters. The fourth-order valence-corrected chi connectivity index (χ4v) is 0.971. The summed E-state index contributed by atoms with van der Waals surface area (Å²) in [5, 5.41) is 6.63. The van der Waals surface area contributed by atoms with Gasteiger partial charge in [0.2, 0.25) is 0 Å². The van der Waals surface area contributed by atoms with Crippen LogP contribution in [0, 0.1) is 5.92 Å². The van der Waals surface area contributed by atoms with E-state index in [-0.39, 0.29) is 0 Å². The van der Waals surface area contributed by atoms with Crippen molar-refractivity contribution < 1.29 is 0 Å². The Balaban J connectivity index is 3.40. The number of nitrogens with one attached hydrogen (secondary N) is 2. The maximum absolute atomic E-state index is 3.41. The van der Waals surface area contributed by atoms with Crippen molar-refractivity contribution in [3.63, 3.8) is 0 Å². The first-order valence-corrected chi connectivity index (χ1v) is 4.13. The van der Waals surface area contributed by atoms with Crippen LogP contribution in [0.1, 0.15) is 27.2 Å². The Kier molecular flexibility index (Phi) is 5.64. The smallest absolute Gasteiger partial charge is 0.0592 e. The summed E-state index contributed by atoms with van der Waals surface area (Å²) in [6, 6.07) is 0. The lowest BCUT2D eigenvalue weighted by molar-refractivity contribution is 0.356. The SMILES string of the molecule is CCCNC(NC)C(C)C. The first-order valence-electron chi connectivity index (χ1n) is 4.13. The van der Waals surface area contributed by atoms with Crippen molar-refractivity contribution in [2.45, 2.75) is 33.4 Å². The van der Waals surface area contributed by atoms with Crippen molar-refractivity contribution in [1.29, 1.82) is 0 Å². The van der Waals surface area contributed by atoms with E-state index in [1.165, 1.54) is 6.42 Å². The molecule has 0 heterocycles. The van der Waals surface area contributed by atoms with Crippen molar-refractivity contribution in [2.24, 2.45) is 5.92 Å². The standard InChI is InChI=1S/C8H20N2/c1-5-6-10-8(9-4)7(2)3/h7-10H,5-6H2,1-4H3. The average Bonchev–Trinajstić information content (AvgIpc) is 1.89. The van der Waals surface area contributed by atoms with Crippen LogP contribution in [-0.4, -0.2) is 19.8 Å². The summed E-state index contributed by atoms with van der Waals surface area (Å²) >= 11 is 0. The topological polar surface area (TPSA) is 24.1 Å². The summed E-state index contributed by atoms with van der Waals surface area (Å²) in [5.41, 5.74) is 0. The molecule has 0 bridgehead atoms. The van der Waals surface area contributed by atoms with E-state index >= 15 is 0 Å². The Morgan fingerprint density at radius 2 is 1.90 bits per heavy atom. The van der Waals surface area contributed by atoms with Gasteiger partial charge in [-0.25, -0.2) is 0 Å². The zero-order valence-electron chi connectivity index (χ0n) is 7.57. The molecule has 0 aromatic rings. The van der Waals surface area contributed by atoms with E-state index in [4.69, 9.17) is 0 Å². The predicted octanol–water partition coefficient (Wildman–Crippen LogP) is 1.19.